The fourth-order valence-corrected chi connectivity index (χ4v) is 6.67. The maximum absolute atomic E-state index is 12.7. The highest BCUT2D eigenvalue weighted by Crippen LogP contribution is 2.53. The van der Waals surface area contributed by atoms with Crippen molar-refractivity contribution in [1.82, 2.24) is 15.5 Å². The van der Waals surface area contributed by atoms with E-state index >= 15 is 0 Å². The van der Waals surface area contributed by atoms with Crippen LogP contribution in [0, 0.1) is 23.7 Å². The van der Waals surface area contributed by atoms with E-state index in [4.69, 9.17) is 4.74 Å². The smallest absolute Gasteiger partial charge is 0.237 e. The second-order valence-corrected chi connectivity index (χ2v) is 9.65. The third-order valence-electron chi connectivity index (χ3n) is 7.57. The van der Waals surface area contributed by atoms with E-state index < -0.39 is 0 Å². The maximum Gasteiger partial charge on any atom is 0.237 e. The van der Waals surface area contributed by atoms with E-state index in [1.807, 2.05) is 0 Å². The highest BCUT2D eigenvalue weighted by atomic mass is 16.5. The minimum Gasteiger partial charge on any atom is -0.383 e. The Kier molecular flexibility index (Phi) is 5.58. The molecule has 5 rings (SSSR count). The van der Waals surface area contributed by atoms with Crippen LogP contribution in [0.25, 0.3) is 0 Å². The summed E-state index contributed by atoms with van der Waals surface area (Å²) in [7, 11) is 1.67. The van der Waals surface area contributed by atoms with E-state index in [9.17, 15) is 4.79 Å². The predicted molar refractivity (Wildman–Crippen MR) is 103 cm³/mol. The second-order valence-electron chi connectivity index (χ2n) is 9.65. The lowest BCUT2D eigenvalue weighted by atomic mass is 9.54. The van der Waals surface area contributed by atoms with E-state index in [0.717, 1.165) is 36.6 Å². The number of methoxy groups -OCH3 is 1. The number of ether oxygens (including phenoxy) is 1. The number of nitrogens with one attached hydrogen (secondary N) is 2. The molecule has 26 heavy (non-hydrogen) atoms. The number of hydrogen-bond donors (Lipinski definition) is 2. The average molecular weight is 364 g/mol. The summed E-state index contributed by atoms with van der Waals surface area (Å²) in [6.07, 6.45) is 8.25. The lowest BCUT2D eigenvalue weighted by Crippen LogP contribution is -2.57. The Labute approximate surface area is 158 Å². The van der Waals surface area contributed by atoms with E-state index in [-0.39, 0.29) is 11.9 Å². The van der Waals surface area contributed by atoms with Crippen LogP contribution < -0.4 is 10.6 Å². The lowest BCUT2D eigenvalue weighted by molar-refractivity contribution is -0.126. The Morgan fingerprint density at radius 2 is 1.73 bits per heavy atom. The molecule has 0 radical (unpaired) electrons. The van der Waals surface area contributed by atoms with Gasteiger partial charge in [-0.15, -0.1) is 0 Å². The van der Waals surface area contributed by atoms with Crippen LogP contribution >= 0.6 is 0 Å². The Hall–Kier alpha value is -0.650. The Balaban J connectivity index is 1.36. The van der Waals surface area contributed by atoms with Gasteiger partial charge < -0.3 is 15.4 Å². The number of nitrogens with zero attached hydrogens (tertiary/aromatic N) is 1. The third-order valence-corrected chi connectivity index (χ3v) is 7.57. The number of rotatable bonds is 7. The van der Waals surface area contributed by atoms with Gasteiger partial charge in [0.25, 0.3) is 0 Å². The van der Waals surface area contributed by atoms with Crippen LogP contribution in [-0.4, -0.2) is 61.8 Å². The summed E-state index contributed by atoms with van der Waals surface area (Å²) in [5.74, 6) is 4.00. The molecule has 0 aromatic carbocycles. The van der Waals surface area contributed by atoms with Gasteiger partial charge in [0.05, 0.1) is 12.6 Å². The van der Waals surface area contributed by atoms with E-state index in [2.05, 4.69) is 29.4 Å². The van der Waals surface area contributed by atoms with Crippen LogP contribution in [-0.2, 0) is 9.53 Å². The molecule has 1 amide bonds. The highest BCUT2D eigenvalue weighted by molar-refractivity contribution is 5.82. The van der Waals surface area contributed by atoms with Crippen LogP contribution in [0.2, 0.25) is 0 Å². The van der Waals surface area contributed by atoms with Gasteiger partial charge in [-0.25, -0.2) is 0 Å². The van der Waals surface area contributed by atoms with Gasteiger partial charge in [-0.1, -0.05) is 0 Å². The molecular weight excluding hydrogens is 326 g/mol. The third kappa shape index (κ3) is 3.67. The summed E-state index contributed by atoms with van der Waals surface area (Å²) in [4.78, 5) is 15.1. The molecule has 148 valence electrons. The molecule has 1 saturated heterocycles. The molecule has 0 unspecified atom stereocenters. The van der Waals surface area contributed by atoms with Crippen molar-refractivity contribution in [1.29, 1.82) is 0 Å². The van der Waals surface area contributed by atoms with Crippen molar-refractivity contribution in [2.45, 2.75) is 76.5 Å². The summed E-state index contributed by atoms with van der Waals surface area (Å²) in [6.45, 7) is 6.60. The van der Waals surface area contributed by atoms with Crippen LogP contribution in [0.4, 0.5) is 0 Å². The first kappa shape index (κ1) is 18.7. The predicted octanol–water partition coefficient (Wildman–Crippen LogP) is 2.01. The second kappa shape index (κ2) is 7.76. The minimum absolute atomic E-state index is 0.00110. The van der Waals surface area contributed by atoms with Crippen molar-refractivity contribution in [3.05, 3.63) is 0 Å². The molecule has 1 aliphatic heterocycles. The normalized spacial score (nSPS) is 41.9. The van der Waals surface area contributed by atoms with E-state index in [1.165, 1.54) is 32.1 Å². The molecular formula is C21H37N3O2. The molecule has 0 spiro atoms. The standard InChI is InChI=1S/C21H37N3O2/c1-13(2)24-12-18(11-19(24)21(25)22-4-5-26-3)23-20-16-7-14-6-15(9-16)10-17(20)8-14/h13-20,23H,4-12H2,1-3H3,(H,22,25)/t14?,15?,16?,17?,18-,19-,20?/m0/s1. The molecule has 0 aromatic rings. The van der Waals surface area contributed by atoms with Crippen molar-refractivity contribution in [2.75, 3.05) is 26.8 Å². The van der Waals surface area contributed by atoms with Gasteiger partial charge in [0.15, 0.2) is 0 Å². The number of carbonyl (C=O) groups is 1. The van der Waals surface area contributed by atoms with Crippen LogP contribution in [0.1, 0.15) is 52.4 Å². The van der Waals surface area contributed by atoms with Gasteiger partial charge >= 0.3 is 0 Å². The topological polar surface area (TPSA) is 53.6 Å². The van der Waals surface area contributed by atoms with Gasteiger partial charge in [-0.2, -0.15) is 0 Å². The quantitative estimate of drug-likeness (QED) is 0.680. The molecule has 4 aliphatic carbocycles. The maximum atomic E-state index is 12.7. The fourth-order valence-electron chi connectivity index (χ4n) is 6.67. The van der Waals surface area contributed by atoms with Gasteiger partial charge in [0.2, 0.25) is 5.91 Å². The van der Waals surface area contributed by atoms with Crippen LogP contribution in [0.15, 0.2) is 0 Å². The van der Waals surface area contributed by atoms with Gasteiger partial charge in [-0.05, 0) is 76.0 Å². The number of likely N-dealkylation sites (tertiary alicyclic amines) is 1. The molecule has 5 heteroatoms. The summed E-state index contributed by atoms with van der Waals surface area (Å²) in [5, 5.41) is 7.10. The van der Waals surface area contributed by atoms with Crippen molar-refractivity contribution < 1.29 is 9.53 Å². The van der Waals surface area contributed by atoms with Crippen molar-refractivity contribution >= 4 is 5.91 Å². The Morgan fingerprint density at radius 1 is 1.08 bits per heavy atom. The SMILES string of the molecule is COCCNC(=O)[C@@H]1C[C@H](NC2C3CC4CC(C3)CC2C4)CN1C(C)C. The van der Waals surface area contributed by atoms with Crippen molar-refractivity contribution in [2.24, 2.45) is 23.7 Å². The summed E-state index contributed by atoms with van der Waals surface area (Å²) >= 11 is 0. The molecule has 2 N–H and O–H groups in total. The fraction of sp³-hybridized carbons (Fsp3) is 0.952. The largest absolute Gasteiger partial charge is 0.383 e. The Bertz CT molecular complexity index is 481. The molecule has 5 fully saturated rings. The van der Waals surface area contributed by atoms with Gasteiger partial charge in [0, 0.05) is 38.3 Å². The number of carbonyl (C=O) groups excluding carboxylic acids is 1. The monoisotopic (exact) mass is 363 g/mol. The average Bonchev–Trinajstić information content (AvgIpc) is 3.02. The molecule has 1 heterocycles. The van der Waals surface area contributed by atoms with Crippen LogP contribution in [0.5, 0.6) is 0 Å². The van der Waals surface area contributed by atoms with E-state index in [1.54, 1.807) is 7.11 Å². The molecule has 5 aliphatic rings. The summed E-state index contributed by atoms with van der Waals surface area (Å²) < 4.78 is 5.06. The van der Waals surface area contributed by atoms with Gasteiger partial charge in [-0.3, -0.25) is 9.69 Å². The zero-order valence-electron chi connectivity index (χ0n) is 16.7. The van der Waals surface area contributed by atoms with Crippen molar-refractivity contribution in [3.63, 3.8) is 0 Å². The van der Waals surface area contributed by atoms with Crippen molar-refractivity contribution in [3.8, 4) is 0 Å². The molecule has 5 nitrogen and oxygen atoms in total. The first-order chi connectivity index (χ1) is 12.5. The van der Waals surface area contributed by atoms with Gasteiger partial charge in [0.1, 0.15) is 0 Å². The molecule has 0 aromatic heterocycles. The summed E-state index contributed by atoms with van der Waals surface area (Å²) in [6, 6.07) is 1.56. The van der Waals surface area contributed by atoms with Crippen LogP contribution in [0.3, 0.4) is 0 Å². The molecule has 4 saturated carbocycles. The van der Waals surface area contributed by atoms with E-state index in [0.29, 0.717) is 31.3 Å². The highest BCUT2D eigenvalue weighted by Gasteiger charge is 2.49. The number of hydrogen-bond acceptors (Lipinski definition) is 4. The Morgan fingerprint density at radius 3 is 2.31 bits per heavy atom. The first-order valence-corrected chi connectivity index (χ1v) is 10.8. The zero-order chi connectivity index (χ0) is 18.3. The molecule has 4 bridgehead atoms. The zero-order valence-corrected chi connectivity index (χ0v) is 16.7. The lowest BCUT2D eigenvalue weighted by Gasteiger charge is -2.55. The summed E-state index contributed by atoms with van der Waals surface area (Å²) in [5.41, 5.74) is 0. The molecule has 2 atom stereocenters. The minimum atomic E-state index is 0.00110. The number of amides is 1. The first-order valence-electron chi connectivity index (χ1n) is 10.8.